The summed E-state index contributed by atoms with van der Waals surface area (Å²) in [4.78, 5) is 27.2. The van der Waals surface area contributed by atoms with Crippen LogP contribution in [0.25, 0.3) is 11.0 Å². The van der Waals surface area contributed by atoms with Crippen molar-refractivity contribution in [2.75, 3.05) is 24.4 Å². The number of benzene rings is 1. The molecular weight excluding hydrogens is 380 g/mol. The molecule has 1 spiro atoms. The summed E-state index contributed by atoms with van der Waals surface area (Å²) in [7, 11) is 3.71. The zero-order valence-electron chi connectivity index (χ0n) is 17.5. The molecule has 1 aromatic carbocycles. The van der Waals surface area contributed by atoms with Crippen LogP contribution in [0.5, 0.6) is 5.75 Å². The summed E-state index contributed by atoms with van der Waals surface area (Å²) in [6.45, 7) is 1.96. The van der Waals surface area contributed by atoms with Gasteiger partial charge in [-0.2, -0.15) is 0 Å². The molecule has 1 aliphatic heterocycles. The Morgan fingerprint density at radius 3 is 2.80 bits per heavy atom. The molecule has 5 rings (SSSR count). The van der Waals surface area contributed by atoms with Gasteiger partial charge in [-0.05, 0) is 50.3 Å². The molecule has 1 saturated carbocycles. The first kappa shape index (κ1) is 18.7. The number of aromatic nitrogens is 3. The van der Waals surface area contributed by atoms with E-state index in [1.165, 1.54) is 12.7 Å². The van der Waals surface area contributed by atoms with Crippen molar-refractivity contribution in [2.24, 2.45) is 0 Å². The van der Waals surface area contributed by atoms with Crippen LogP contribution in [0.2, 0.25) is 0 Å². The van der Waals surface area contributed by atoms with Gasteiger partial charge in [0.15, 0.2) is 5.75 Å². The highest BCUT2D eigenvalue weighted by molar-refractivity contribution is 6.07. The van der Waals surface area contributed by atoms with Gasteiger partial charge in [0.25, 0.3) is 5.91 Å². The second-order valence-electron chi connectivity index (χ2n) is 8.19. The molecule has 3 heterocycles. The fraction of sp³-hybridized carbons (Fsp3) is 0.409. The second-order valence-corrected chi connectivity index (χ2v) is 8.19. The molecule has 3 N–H and O–H groups in total. The number of carbonyl (C=O) groups excluding carboxylic acids is 1. The van der Waals surface area contributed by atoms with Gasteiger partial charge in [-0.1, -0.05) is 6.42 Å². The van der Waals surface area contributed by atoms with Gasteiger partial charge in [0.1, 0.15) is 23.5 Å². The first-order chi connectivity index (χ1) is 14.5. The molecule has 0 radical (unpaired) electrons. The van der Waals surface area contributed by atoms with Gasteiger partial charge in [-0.15, -0.1) is 0 Å². The van der Waals surface area contributed by atoms with Crippen molar-refractivity contribution in [1.82, 2.24) is 20.3 Å². The van der Waals surface area contributed by atoms with Gasteiger partial charge in [0, 0.05) is 13.2 Å². The molecular formula is C22H26N6O2. The average Bonchev–Trinajstić information content (AvgIpc) is 3.22. The molecule has 2 aliphatic rings. The molecule has 2 aromatic heterocycles. The molecule has 0 atom stereocenters. The highest BCUT2D eigenvalue weighted by atomic mass is 16.5. The lowest BCUT2D eigenvalue weighted by atomic mass is 9.84. The van der Waals surface area contributed by atoms with E-state index in [0.29, 0.717) is 17.1 Å². The molecule has 8 heteroatoms. The Morgan fingerprint density at radius 2 is 2.03 bits per heavy atom. The van der Waals surface area contributed by atoms with Crippen molar-refractivity contribution in [1.29, 1.82) is 0 Å². The Morgan fingerprint density at radius 1 is 1.23 bits per heavy atom. The van der Waals surface area contributed by atoms with Crippen LogP contribution in [-0.2, 0) is 0 Å². The van der Waals surface area contributed by atoms with E-state index in [4.69, 9.17) is 4.74 Å². The minimum atomic E-state index is -0.358. The van der Waals surface area contributed by atoms with E-state index in [2.05, 4.69) is 37.5 Å². The van der Waals surface area contributed by atoms with Gasteiger partial charge in [-0.25, -0.2) is 9.97 Å². The Kier molecular flexibility index (Phi) is 4.30. The number of ether oxygens (including phenoxy) is 1. The maximum atomic E-state index is 13.2. The summed E-state index contributed by atoms with van der Waals surface area (Å²) < 4.78 is 5.88. The SMILES string of the molecule is COc1c(Nc2ncnc3[nH]ccc23)cc(C)c2c1N(C)C1(CCCCC1)NC2=O. The Bertz CT molecular complexity index is 1130. The zero-order valence-corrected chi connectivity index (χ0v) is 17.5. The van der Waals surface area contributed by atoms with Crippen LogP contribution in [-0.4, -0.2) is 40.7 Å². The van der Waals surface area contributed by atoms with Crippen molar-refractivity contribution >= 4 is 34.1 Å². The van der Waals surface area contributed by atoms with E-state index in [1.807, 2.05) is 25.3 Å². The number of hydrogen-bond donors (Lipinski definition) is 3. The number of amides is 1. The summed E-state index contributed by atoms with van der Waals surface area (Å²) in [6.07, 6.45) is 8.64. The van der Waals surface area contributed by atoms with Crippen molar-refractivity contribution in [2.45, 2.75) is 44.7 Å². The van der Waals surface area contributed by atoms with E-state index >= 15 is 0 Å². The number of nitrogens with zero attached hydrogens (tertiary/aromatic N) is 3. The van der Waals surface area contributed by atoms with Gasteiger partial charge in [0.05, 0.1) is 29.4 Å². The van der Waals surface area contributed by atoms with Crippen LogP contribution in [0.15, 0.2) is 24.7 Å². The lowest BCUT2D eigenvalue weighted by Crippen LogP contribution is -2.63. The number of hydrogen-bond acceptors (Lipinski definition) is 6. The monoisotopic (exact) mass is 406 g/mol. The third kappa shape index (κ3) is 2.70. The van der Waals surface area contributed by atoms with Crippen LogP contribution < -0.4 is 20.3 Å². The third-order valence-electron chi connectivity index (χ3n) is 6.49. The standard InChI is InChI=1S/C22H26N6O2/c1-13-11-15(26-20-14-7-10-23-19(14)24-12-25-20)18(30-3)17-16(13)21(29)27-22(28(17)2)8-5-4-6-9-22/h7,10-12H,4-6,8-9H2,1-3H3,(H,27,29)(H2,23,24,25,26). The number of anilines is 3. The number of H-pyrrole nitrogens is 1. The van der Waals surface area contributed by atoms with Crippen molar-refractivity contribution < 1.29 is 9.53 Å². The summed E-state index contributed by atoms with van der Waals surface area (Å²) in [5.74, 6) is 1.32. The number of rotatable bonds is 3. The maximum absolute atomic E-state index is 13.2. The summed E-state index contributed by atoms with van der Waals surface area (Å²) in [5.41, 5.74) is 3.59. The molecule has 3 aromatic rings. The molecule has 8 nitrogen and oxygen atoms in total. The van der Waals surface area contributed by atoms with Crippen molar-refractivity contribution in [3.05, 3.63) is 35.8 Å². The average molecular weight is 406 g/mol. The van der Waals surface area contributed by atoms with Crippen LogP contribution >= 0.6 is 0 Å². The minimum Gasteiger partial charge on any atom is -0.492 e. The fourth-order valence-electron chi connectivity index (χ4n) is 4.96. The molecule has 0 saturated heterocycles. The second kappa shape index (κ2) is 6.90. The molecule has 1 fully saturated rings. The summed E-state index contributed by atoms with van der Waals surface area (Å²) in [5, 5.41) is 7.62. The van der Waals surface area contributed by atoms with Crippen molar-refractivity contribution in [3.8, 4) is 5.75 Å². The molecule has 0 bridgehead atoms. The normalized spacial score (nSPS) is 17.7. The molecule has 156 valence electrons. The smallest absolute Gasteiger partial charge is 0.255 e. The van der Waals surface area contributed by atoms with E-state index < -0.39 is 0 Å². The van der Waals surface area contributed by atoms with Gasteiger partial charge >= 0.3 is 0 Å². The number of aromatic amines is 1. The summed E-state index contributed by atoms with van der Waals surface area (Å²) >= 11 is 0. The number of carbonyl (C=O) groups is 1. The molecule has 1 amide bonds. The number of nitrogens with one attached hydrogen (secondary N) is 3. The maximum Gasteiger partial charge on any atom is 0.255 e. The van der Waals surface area contributed by atoms with Crippen LogP contribution in [0.1, 0.15) is 48.0 Å². The first-order valence-electron chi connectivity index (χ1n) is 10.4. The van der Waals surface area contributed by atoms with Crippen LogP contribution in [0, 0.1) is 6.92 Å². The molecule has 30 heavy (non-hydrogen) atoms. The zero-order chi connectivity index (χ0) is 20.9. The van der Waals surface area contributed by atoms with Crippen LogP contribution in [0.3, 0.4) is 0 Å². The van der Waals surface area contributed by atoms with E-state index in [1.54, 1.807) is 7.11 Å². The minimum absolute atomic E-state index is 0.0255. The van der Waals surface area contributed by atoms with Crippen molar-refractivity contribution in [3.63, 3.8) is 0 Å². The largest absolute Gasteiger partial charge is 0.492 e. The van der Waals surface area contributed by atoms with E-state index in [9.17, 15) is 4.79 Å². The number of aryl methyl sites for hydroxylation is 1. The fourth-order valence-corrected chi connectivity index (χ4v) is 4.96. The van der Waals surface area contributed by atoms with Gasteiger partial charge < -0.3 is 25.3 Å². The Labute approximate surface area is 175 Å². The Hall–Kier alpha value is -3.29. The van der Waals surface area contributed by atoms with E-state index in [-0.39, 0.29) is 11.6 Å². The number of methoxy groups -OCH3 is 1. The van der Waals surface area contributed by atoms with Gasteiger partial charge in [-0.3, -0.25) is 4.79 Å². The van der Waals surface area contributed by atoms with Crippen LogP contribution in [0.4, 0.5) is 17.2 Å². The lowest BCUT2D eigenvalue weighted by Gasteiger charge is -2.50. The molecule has 0 unspecified atom stereocenters. The Balaban J connectivity index is 1.65. The first-order valence-corrected chi connectivity index (χ1v) is 10.4. The lowest BCUT2D eigenvalue weighted by molar-refractivity contribution is 0.0847. The summed E-state index contributed by atoms with van der Waals surface area (Å²) in [6, 6.07) is 3.89. The molecule has 1 aliphatic carbocycles. The number of fused-ring (bicyclic) bond motifs is 2. The van der Waals surface area contributed by atoms with Gasteiger partial charge in [0.2, 0.25) is 0 Å². The predicted molar refractivity (Wildman–Crippen MR) is 117 cm³/mol. The quantitative estimate of drug-likeness (QED) is 0.611. The highest BCUT2D eigenvalue weighted by Crippen LogP contribution is 2.48. The van der Waals surface area contributed by atoms with E-state index in [0.717, 1.165) is 53.7 Å². The predicted octanol–water partition coefficient (Wildman–Crippen LogP) is 3.86. The topological polar surface area (TPSA) is 95.2 Å². The highest BCUT2D eigenvalue weighted by Gasteiger charge is 2.45. The third-order valence-corrected chi connectivity index (χ3v) is 6.49.